The van der Waals surface area contributed by atoms with E-state index in [-0.39, 0.29) is 19.8 Å². The molecule has 0 aliphatic heterocycles. The summed E-state index contributed by atoms with van der Waals surface area (Å²) in [7, 11) is 0. The Morgan fingerprint density at radius 2 is 0.703 bits per heavy atom. The monoisotopic (exact) mass is 652 g/mol. The van der Waals surface area contributed by atoms with Crippen LogP contribution in [0.4, 0.5) is 0 Å². The van der Waals surface area contributed by atoms with Gasteiger partial charge in [-0.3, -0.25) is 19.9 Å². The fourth-order valence-corrected chi connectivity index (χ4v) is 4.03. The van der Waals surface area contributed by atoms with Crippen LogP contribution in [-0.2, 0) is 19.8 Å². The summed E-state index contributed by atoms with van der Waals surface area (Å²) in [4.78, 5) is 18.7. The zero-order chi connectivity index (χ0) is 24.2. The van der Waals surface area contributed by atoms with Crippen LogP contribution in [0.1, 0.15) is 0 Å². The topological polar surface area (TPSA) is 51.6 Å². The Kier molecular flexibility index (Phi) is 7.35. The van der Waals surface area contributed by atoms with Gasteiger partial charge in [-0.05, 0) is 24.3 Å². The van der Waals surface area contributed by atoms with Crippen LogP contribution in [0.2, 0.25) is 0 Å². The number of pyridine rings is 4. The molecular weight excluding hydrogens is 631 g/mol. The van der Waals surface area contributed by atoms with Crippen molar-refractivity contribution in [2.45, 2.75) is 0 Å². The van der Waals surface area contributed by atoms with Crippen molar-refractivity contribution in [2.75, 3.05) is 0 Å². The maximum absolute atomic E-state index is 4.91. The molecule has 176 valence electrons. The number of hydrogen-bond acceptors (Lipinski definition) is 4. The summed E-state index contributed by atoms with van der Waals surface area (Å²) in [5, 5.41) is 0. The fraction of sp³-hybridized carbons (Fsp3) is 0. The van der Waals surface area contributed by atoms with Crippen molar-refractivity contribution in [1.29, 1.82) is 0 Å². The van der Waals surface area contributed by atoms with Gasteiger partial charge in [0.05, 0.1) is 11.4 Å². The third kappa shape index (κ3) is 5.43. The van der Waals surface area contributed by atoms with Crippen LogP contribution < -0.4 is 0 Å². The molecule has 4 aromatic heterocycles. The number of benzene rings is 2. The van der Waals surface area contributed by atoms with Crippen LogP contribution in [0.5, 0.6) is 0 Å². The number of hydrogen-bond donors (Lipinski definition) is 0. The Labute approximate surface area is 229 Å². The molecule has 37 heavy (non-hydrogen) atoms. The summed E-state index contributed by atoms with van der Waals surface area (Å²) >= 11 is 0. The van der Waals surface area contributed by atoms with E-state index in [9.17, 15) is 0 Å². The summed E-state index contributed by atoms with van der Waals surface area (Å²) in [6, 6.07) is 42.7. The number of aromatic nitrogens is 4. The van der Waals surface area contributed by atoms with Gasteiger partial charge >= 0.3 is 19.8 Å². The Morgan fingerprint density at radius 3 is 1.11 bits per heavy atom. The van der Waals surface area contributed by atoms with Gasteiger partial charge in [-0.2, -0.15) is 0 Å². The van der Waals surface area contributed by atoms with Gasteiger partial charge in [-0.15, -0.1) is 48.5 Å². The van der Waals surface area contributed by atoms with Gasteiger partial charge in [0, 0.05) is 35.2 Å². The molecule has 0 atom stereocenters. The van der Waals surface area contributed by atoms with E-state index < -0.39 is 0 Å². The van der Waals surface area contributed by atoms with E-state index in [4.69, 9.17) is 9.97 Å². The molecule has 0 spiro atoms. The van der Waals surface area contributed by atoms with Gasteiger partial charge < -0.3 is 0 Å². The minimum atomic E-state index is 0. The average Bonchev–Trinajstić information content (AvgIpc) is 2.98. The molecule has 0 saturated heterocycles. The van der Waals surface area contributed by atoms with Crippen molar-refractivity contribution in [2.24, 2.45) is 0 Å². The summed E-state index contributed by atoms with van der Waals surface area (Å²) < 4.78 is 0. The maximum Gasteiger partial charge on any atom is 2.00 e. The molecule has 5 heteroatoms. The third-order valence-electron chi connectivity index (χ3n) is 5.78. The summed E-state index contributed by atoms with van der Waals surface area (Å²) in [6.07, 6.45) is 3.58. The predicted molar refractivity (Wildman–Crippen MR) is 142 cm³/mol. The first-order valence-electron chi connectivity index (χ1n) is 11.7. The first-order chi connectivity index (χ1) is 17.8. The van der Waals surface area contributed by atoms with Crippen LogP contribution in [0, 0.1) is 12.1 Å². The Hall–Kier alpha value is -4.32. The van der Waals surface area contributed by atoms with Gasteiger partial charge in [0.2, 0.25) is 0 Å². The standard InChI is InChI=1S/C32H20N4.Os/c1-3-19-33-27(13-1)23-9-5-11-25(21-23)29-15-7-17-31(35-29)32-18-8-16-30(36-32)26-12-6-10-24(22-26)28-14-2-4-20-34-28;/h1-20H;/q-2;+2. The number of nitrogens with zero attached hydrogens (tertiary/aromatic N) is 4. The molecule has 0 aliphatic rings. The third-order valence-corrected chi connectivity index (χ3v) is 5.78. The van der Waals surface area contributed by atoms with Gasteiger partial charge in [0.15, 0.2) is 0 Å². The Bertz CT molecular complexity index is 1510. The Balaban J connectivity index is 0.00000280. The van der Waals surface area contributed by atoms with Gasteiger partial charge in [0.1, 0.15) is 0 Å². The maximum atomic E-state index is 4.91. The molecule has 0 saturated carbocycles. The van der Waals surface area contributed by atoms with Crippen LogP contribution in [0.3, 0.4) is 0 Å². The van der Waals surface area contributed by atoms with Crippen molar-refractivity contribution in [3.05, 3.63) is 134 Å². The van der Waals surface area contributed by atoms with Gasteiger partial charge in [0.25, 0.3) is 0 Å². The second-order valence-electron chi connectivity index (χ2n) is 8.20. The molecule has 6 rings (SSSR count). The molecule has 4 nitrogen and oxygen atoms in total. The van der Waals surface area contributed by atoms with Crippen LogP contribution >= 0.6 is 0 Å². The summed E-state index contributed by atoms with van der Waals surface area (Å²) in [5.74, 6) is 0. The van der Waals surface area contributed by atoms with E-state index in [0.29, 0.717) is 0 Å². The summed E-state index contributed by atoms with van der Waals surface area (Å²) in [5.41, 5.74) is 8.72. The molecule has 6 aromatic rings. The van der Waals surface area contributed by atoms with Crippen LogP contribution in [0.25, 0.3) is 56.4 Å². The van der Waals surface area contributed by atoms with Gasteiger partial charge in [-0.25, -0.2) is 0 Å². The van der Waals surface area contributed by atoms with Crippen molar-refractivity contribution in [3.63, 3.8) is 0 Å². The van der Waals surface area contributed by atoms with E-state index >= 15 is 0 Å². The zero-order valence-corrected chi connectivity index (χ0v) is 22.2. The SMILES string of the molecule is [Os+2].[c-]1c(-c2ccccn2)cccc1-c1cccc(-c2cccc(-c3[c-]c(-c4ccccn4)ccc3)n2)n1. The fourth-order valence-electron chi connectivity index (χ4n) is 4.03. The average molecular weight is 651 g/mol. The molecule has 0 radical (unpaired) electrons. The molecule has 0 N–H and O–H groups in total. The first-order valence-corrected chi connectivity index (χ1v) is 11.7. The molecule has 0 bridgehead atoms. The summed E-state index contributed by atoms with van der Waals surface area (Å²) in [6.45, 7) is 0. The van der Waals surface area contributed by atoms with Crippen LogP contribution in [0.15, 0.2) is 122 Å². The van der Waals surface area contributed by atoms with Crippen molar-refractivity contribution >= 4 is 0 Å². The second kappa shape index (κ2) is 11.2. The van der Waals surface area contributed by atoms with Gasteiger partial charge in [-0.1, -0.05) is 70.8 Å². The molecule has 4 heterocycles. The van der Waals surface area contributed by atoms with Crippen LogP contribution in [-0.4, -0.2) is 19.9 Å². The van der Waals surface area contributed by atoms with Crippen molar-refractivity contribution < 1.29 is 19.8 Å². The Morgan fingerprint density at radius 1 is 0.351 bits per heavy atom. The number of rotatable bonds is 5. The van der Waals surface area contributed by atoms with E-state index in [2.05, 4.69) is 22.1 Å². The van der Waals surface area contributed by atoms with E-state index in [1.165, 1.54) is 0 Å². The van der Waals surface area contributed by atoms with Crippen molar-refractivity contribution in [1.82, 2.24) is 19.9 Å². The minimum Gasteiger partial charge on any atom is -0.295 e. The predicted octanol–water partition coefficient (Wildman–Crippen LogP) is 7.20. The largest absolute Gasteiger partial charge is 2.00 e. The van der Waals surface area contributed by atoms with E-state index in [1.54, 1.807) is 12.4 Å². The van der Waals surface area contributed by atoms with E-state index in [1.807, 2.05) is 109 Å². The second-order valence-corrected chi connectivity index (χ2v) is 8.20. The molecule has 0 fully saturated rings. The minimum absolute atomic E-state index is 0. The molecular formula is C32H20N4Os. The zero-order valence-electron chi connectivity index (χ0n) is 19.7. The normalized spacial score (nSPS) is 10.5. The van der Waals surface area contributed by atoms with Crippen molar-refractivity contribution in [3.8, 4) is 56.4 Å². The van der Waals surface area contributed by atoms with E-state index in [0.717, 1.165) is 56.4 Å². The molecule has 0 unspecified atom stereocenters. The molecule has 2 aromatic carbocycles. The smallest absolute Gasteiger partial charge is 0.295 e. The molecule has 0 aliphatic carbocycles. The quantitative estimate of drug-likeness (QED) is 0.185. The molecule has 0 amide bonds. The first kappa shape index (κ1) is 24.4.